The van der Waals surface area contributed by atoms with Crippen molar-refractivity contribution in [3.05, 3.63) is 42.0 Å². The molecule has 0 radical (unpaired) electrons. The van der Waals surface area contributed by atoms with Crippen LogP contribution in [0.25, 0.3) is 0 Å². The second kappa shape index (κ2) is 6.45. The fourth-order valence-corrected chi connectivity index (χ4v) is 4.15. The SMILES string of the molecule is COc1ccc(Oc2ccc(C(=O)NC3CN4CCC3C4)cc2)s1. The zero-order valence-corrected chi connectivity index (χ0v) is 14.3. The Morgan fingerprint density at radius 3 is 2.58 bits per heavy atom. The predicted molar refractivity (Wildman–Crippen MR) is 93.2 cm³/mol. The number of nitrogens with zero attached hydrogens (tertiary/aromatic N) is 1. The van der Waals surface area contributed by atoms with Crippen LogP contribution in [-0.2, 0) is 0 Å². The first-order chi connectivity index (χ1) is 11.7. The Morgan fingerprint density at radius 1 is 1.17 bits per heavy atom. The standard InChI is InChI=1S/C18H20N2O3S/c1-22-16-6-7-17(24-16)23-14-4-2-12(3-5-14)18(21)19-15-11-20-9-8-13(15)10-20/h2-7,13,15H,8-11H2,1H3,(H,19,21). The molecule has 2 fully saturated rings. The zero-order valence-electron chi connectivity index (χ0n) is 13.5. The first-order valence-electron chi connectivity index (χ1n) is 8.16. The van der Waals surface area contributed by atoms with E-state index in [1.807, 2.05) is 36.4 Å². The van der Waals surface area contributed by atoms with Crippen LogP contribution in [0.5, 0.6) is 15.9 Å². The molecule has 2 bridgehead atoms. The number of piperidine rings is 1. The minimum absolute atomic E-state index is 0.00177. The first-order valence-corrected chi connectivity index (χ1v) is 8.98. The third-order valence-electron chi connectivity index (χ3n) is 4.74. The van der Waals surface area contributed by atoms with Gasteiger partial charge in [0.2, 0.25) is 0 Å². The number of fused-ring (bicyclic) bond motifs is 2. The Balaban J connectivity index is 1.37. The fourth-order valence-electron chi connectivity index (χ4n) is 3.46. The van der Waals surface area contributed by atoms with Crippen LogP contribution >= 0.6 is 11.3 Å². The number of hydrogen-bond acceptors (Lipinski definition) is 5. The molecule has 1 N–H and O–H groups in total. The molecular weight excluding hydrogens is 324 g/mol. The largest absolute Gasteiger partial charge is 0.487 e. The Bertz CT molecular complexity index is 728. The summed E-state index contributed by atoms with van der Waals surface area (Å²) >= 11 is 1.44. The van der Waals surface area contributed by atoms with Gasteiger partial charge in [0.05, 0.1) is 7.11 Å². The highest BCUT2D eigenvalue weighted by Gasteiger charge is 2.38. The van der Waals surface area contributed by atoms with E-state index in [2.05, 4.69) is 10.2 Å². The summed E-state index contributed by atoms with van der Waals surface area (Å²) in [5.74, 6) is 1.32. The van der Waals surface area contributed by atoms with Crippen molar-refractivity contribution in [1.82, 2.24) is 10.2 Å². The Labute approximate surface area is 145 Å². The monoisotopic (exact) mass is 344 g/mol. The number of ether oxygens (including phenoxy) is 2. The summed E-state index contributed by atoms with van der Waals surface area (Å²) in [6.45, 7) is 3.29. The van der Waals surface area contributed by atoms with Crippen LogP contribution in [0, 0.1) is 5.92 Å². The second-order valence-corrected chi connectivity index (χ2v) is 7.30. The van der Waals surface area contributed by atoms with Gasteiger partial charge < -0.3 is 19.7 Å². The van der Waals surface area contributed by atoms with Gasteiger partial charge in [-0.1, -0.05) is 11.3 Å². The van der Waals surface area contributed by atoms with Gasteiger partial charge in [0, 0.05) is 24.7 Å². The maximum Gasteiger partial charge on any atom is 0.251 e. The number of nitrogens with one attached hydrogen (secondary N) is 1. The highest BCUT2D eigenvalue weighted by Crippen LogP contribution is 2.34. The molecule has 0 aliphatic carbocycles. The maximum absolute atomic E-state index is 12.4. The smallest absolute Gasteiger partial charge is 0.251 e. The van der Waals surface area contributed by atoms with Crippen LogP contribution in [0.3, 0.4) is 0 Å². The van der Waals surface area contributed by atoms with Crippen LogP contribution < -0.4 is 14.8 Å². The van der Waals surface area contributed by atoms with Gasteiger partial charge in [0.1, 0.15) is 5.75 Å². The molecule has 6 heteroatoms. The lowest BCUT2D eigenvalue weighted by molar-refractivity contribution is 0.0924. The molecule has 2 aromatic rings. The summed E-state index contributed by atoms with van der Waals surface area (Å²) in [5.41, 5.74) is 0.670. The van der Waals surface area contributed by atoms with Gasteiger partial charge in [-0.15, -0.1) is 0 Å². The van der Waals surface area contributed by atoms with Crippen molar-refractivity contribution in [3.8, 4) is 15.9 Å². The van der Waals surface area contributed by atoms with E-state index in [0.717, 1.165) is 23.2 Å². The van der Waals surface area contributed by atoms with Crippen LogP contribution in [0.2, 0.25) is 0 Å². The molecule has 1 amide bonds. The lowest BCUT2D eigenvalue weighted by Gasteiger charge is -2.23. The van der Waals surface area contributed by atoms with Crippen molar-refractivity contribution in [2.75, 3.05) is 26.7 Å². The van der Waals surface area contributed by atoms with Gasteiger partial charge in [0.15, 0.2) is 10.1 Å². The predicted octanol–water partition coefficient (Wildman–Crippen LogP) is 2.98. The lowest BCUT2D eigenvalue weighted by atomic mass is 9.99. The van der Waals surface area contributed by atoms with E-state index in [-0.39, 0.29) is 5.91 Å². The minimum Gasteiger partial charge on any atom is -0.487 e. The first kappa shape index (κ1) is 15.5. The summed E-state index contributed by atoms with van der Waals surface area (Å²) in [4.78, 5) is 14.8. The minimum atomic E-state index is -0.00177. The lowest BCUT2D eigenvalue weighted by Crippen LogP contribution is -2.43. The number of benzene rings is 1. The highest BCUT2D eigenvalue weighted by atomic mass is 32.1. The molecule has 0 saturated carbocycles. The Morgan fingerprint density at radius 2 is 1.96 bits per heavy atom. The van der Waals surface area contributed by atoms with Crippen LogP contribution in [0.15, 0.2) is 36.4 Å². The average molecular weight is 344 g/mol. The molecular formula is C18H20N2O3S. The molecule has 126 valence electrons. The van der Waals surface area contributed by atoms with Crippen molar-refractivity contribution in [2.45, 2.75) is 12.5 Å². The molecule has 1 aromatic heterocycles. The van der Waals surface area contributed by atoms with Gasteiger partial charge in [0.25, 0.3) is 5.91 Å². The van der Waals surface area contributed by atoms with E-state index in [1.165, 1.54) is 24.3 Å². The van der Waals surface area contributed by atoms with Crippen molar-refractivity contribution >= 4 is 17.2 Å². The van der Waals surface area contributed by atoms with E-state index >= 15 is 0 Å². The van der Waals surface area contributed by atoms with Gasteiger partial charge in [-0.05, 0) is 55.3 Å². The molecule has 3 heterocycles. The van der Waals surface area contributed by atoms with Crippen LogP contribution in [0.4, 0.5) is 0 Å². The van der Waals surface area contributed by atoms with E-state index < -0.39 is 0 Å². The number of methoxy groups -OCH3 is 1. The van der Waals surface area contributed by atoms with Crippen molar-refractivity contribution < 1.29 is 14.3 Å². The zero-order chi connectivity index (χ0) is 16.5. The molecule has 2 aliphatic rings. The molecule has 1 aromatic carbocycles. The molecule has 4 rings (SSSR count). The quantitative estimate of drug-likeness (QED) is 0.906. The molecule has 0 spiro atoms. The molecule has 5 nitrogen and oxygen atoms in total. The van der Waals surface area contributed by atoms with E-state index in [1.54, 1.807) is 7.11 Å². The number of amides is 1. The number of rotatable bonds is 5. The number of carbonyl (C=O) groups is 1. The normalized spacial score (nSPS) is 24.8. The second-order valence-electron chi connectivity index (χ2n) is 6.29. The summed E-state index contributed by atoms with van der Waals surface area (Å²) in [5, 5.41) is 4.74. The molecule has 3 unspecified atom stereocenters. The van der Waals surface area contributed by atoms with Gasteiger partial charge in [-0.2, -0.15) is 0 Å². The number of carbonyl (C=O) groups excluding carboxylic acids is 1. The third kappa shape index (κ3) is 3.12. The molecule has 2 aliphatic heterocycles. The van der Waals surface area contributed by atoms with E-state index in [0.29, 0.717) is 23.3 Å². The van der Waals surface area contributed by atoms with E-state index in [9.17, 15) is 4.79 Å². The molecule has 2 saturated heterocycles. The van der Waals surface area contributed by atoms with Crippen LogP contribution in [0.1, 0.15) is 16.8 Å². The topological polar surface area (TPSA) is 50.8 Å². The maximum atomic E-state index is 12.4. The average Bonchev–Trinajstić information content (AvgIpc) is 3.32. The van der Waals surface area contributed by atoms with Crippen LogP contribution in [-0.4, -0.2) is 43.6 Å². The van der Waals surface area contributed by atoms with Crippen molar-refractivity contribution in [3.63, 3.8) is 0 Å². The van der Waals surface area contributed by atoms with Gasteiger partial charge >= 0.3 is 0 Å². The molecule has 3 atom stereocenters. The summed E-state index contributed by atoms with van der Waals surface area (Å²) in [6, 6.07) is 11.3. The number of hydrogen-bond donors (Lipinski definition) is 1. The molecule has 24 heavy (non-hydrogen) atoms. The Kier molecular flexibility index (Phi) is 4.16. The van der Waals surface area contributed by atoms with Crippen molar-refractivity contribution in [2.24, 2.45) is 5.92 Å². The van der Waals surface area contributed by atoms with Gasteiger partial charge in [-0.3, -0.25) is 4.79 Å². The number of thiophene rings is 1. The highest BCUT2D eigenvalue weighted by molar-refractivity contribution is 7.15. The fraction of sp³-hybridized carbons (Fsp3) is 0.389. The van der Waals surface area contributed by atoms with Gasteiger partial charge in [-0.25, -0.2) is 0 Å². The third-order valence-corrected chi connectivity index (χ3v) is 5.67. The van der Waals surface area contributed by atoms with Crippen molar-refractivity contribution in [1.29, 1.82) is 0 Å². The summed E-state index contributed by atoms with van der Waals surface area (Å²) in [7, 11) is 1.64. The summed E-state index contributed by atoms with van der Waals surface area (Å²) in [6.07, 6.45) is 1.20. The van der Waals surface area contributed by atoms with E-state index in [4.69, 9.17) is 9.47 Å². The summed E-state index contributed by atoms with van der Waals surface area (Å²) < 4.78 is 10.9. The Hall–Kier alpha value is -2.05.